The molecule has 0 aromatic carbocycles. The topological polar surface area (TPSA) is 32.3 Å². The van der Waals surface area contributed by atoms with Crippen LogP contribution in [0.3, 0.4) is 0 Å². The summed E-state index contributed by atoms with van der Waals surface area (Å²) in [7, 11) is 0. The fourth-order valence-electron chi connectivity index (χ4n) is 2.72. The Labute approximate surface area is 96.4 Å². The lowest BCUT2D eigenvalue weighted by Crippen LogP contribution is -2.45. The number of alkyl halides is 1. The van der Waals surface area contributed by atoms with E-state index in [-0.39, 0.29) is 24.4 Å². The molecule has 3 nitrogen and oxygen atoms in total. The number of hydrogen-bond acceptors (Lipinski definition) is 2. The Morgan fingerprint density at radius 1 is 1.31 bits per heavy atom. The van der Waals surface area contributed by atoms with Gasteiger partial charge in [0.2, 0.25) is 5.91 Å². The van der Waals surface area contributed by atoms with Gasteiger partial charge in [0, 0.05) is 24.9 Å². The van der Waals surface area contributed by atoms with Gasteiger partial charge in [0.05, 0.1) is 6.67 Å². The van der Waals surface area contributed by atoms with Crippen molar-refractivity contribution < 1.29 is 9.18 Å². The summed E-state index contributed by atoms with van der Waals surface area (Å²) in [5.74, 6) is 0.527. The Bertz CT molecular complexity index is 241. The number of piperidine rings is 2. The maximum Gasteiger partial charge on any atom is 0.225 e. The number of nitrogens with one attached hydrogen (secondary N) is 1. The van der Waals surface area contributed by atoms with E-state index in [4.69, 9.17) is 0 Å². The number of hydrogen-bond donors (Lipinski definition) is 1. The molecular formula is C12H21FN2O. The van der Waals surface area contributed by atoms with Gasteiger partial charge < -0.3 is 10.2 Å². The van der Waals surface area contributed by atoms with Gasteiger partial charge in [-0.1, -0.05) is 0 Å². The highest BCUT2D eigenvalue weighted by atomic mass is 19.1. The van der Waals surface area contributed by atoms with Crippen LogP contribution in [0.1, 0.15) is 25.7 Å². The molecule has 2 fully saturated rings. The number of amides is 1. The lowest BCUT2D eigenvalue weighted by molar-refractivity contribution is -0.138. The van der Waals surface area contributed by atoms with Crippen molar-refractivity contribution in [2.24, 2.45) is 11.8 Å². The van der Waals surface area contributed by atoms with Gasteiger partial charge >= 0.3 is 0 Å². The molecule has 92 valence electrons. The van der Waals surface area contributed by atoms with Crippen LogP contribution < -0.4 is 5.32 Å². The molecular weight excluding hydrogens is 207 g/mol. The molecule has 1 amide bonds. The van der Waals surface area contributed by atoms with Crippen molar-refractivity contribution in [2.45, 2.75) is 25.7 Å². The molecule has 1 N–H and O–H groups in total. The van der Waals surface area contributed by atoms with Gasteiger partial charge in [-0.3, -0.25) is 9.18 Å². The van der Waals surface area contributed by atoms with E-state index in [1.54, 1.807) is 0 Å². The molecule has 0 aliphatic carbocycles. The number of carbonyl (C=O) groups is 1. The zero-order valence-electron chi connectivity index (χ0n) is 9.75. The fourth-order valence-corrected chi connectivity index (χ4v) is 2.72. The highest BCUT2D eigenvalue weighted by Gasteiger charge is 2.29. The molecule has 0 aromatic rings. The largest absolute Gasteiger partial charge is 0.342 e. The zero-order chi connectivity index (χ0) is 11.4. The van der Waals surface area contributed by atoms with Crippen molar-refractivity contribution in [3.63, 3.8) is 0 Å². The monoisotopic (exact) mass is 228 g/mol. The summed E-state index contributed by atoms with van der Waals surface area (Å²) in [6.45, 7) is 3.07. The average Bonchev–Trinajstić information content (AvgIpc) is 2.39. The minimum Gasteiger partial charge on any atom is -0.342 e. The molecule has 0 spiro atoms. The molecule has 0 saturated carbocycles. The molecule has 2 heterocycles. The van der Waals surface area contributed by atoms with Crippen molar-refractivity contribution in [3.05, 3.63) is 0 Å². The lowest BCUT2D eigenvalue weighted by atomic mass is 9.93. The number of nitrogens with zero attached hydrogens (tertiary/aromatic N) is 1. The predicted octanol–water partition coefficient (Wildman–Crippen LogP) is 1.19. The summed E-state index contributed by atoms with van der Waals surface area (Å²) in [5.41, 5.74) is 0. The lowest BCUT2D eigenvalue weighted by Gasteiger charge is -2.35. The van der Waals surface area contributed by atoms with Crippen LogP contribution in [0, 0.1) is 11.8 Å². The standard InChI is InChI=1S/C12H21FN2O/c13-8-10-2-1-7-15(9-10)12(16)11-3-5-14-6-4-11/h10-11,14H,1-9H2/t10-/m0/s1. The summed E-state index contributed by atoms with van der Waals surface area (Å²) in [6, 6.07) is 0. The highest BCUT2D eigenvalue weighted by Crippen LogP contribution is 2.21. The van der Waals surface area contributed by atoms with Gasteiger partial charge in [0.1, 0.15) is 0 Å². The quantitative estimate of drug-likeness (QED) is 0.770. The van der Waals surface area contributed by atoms with Crippen molar-refractivity contribution in [2.75, 3.05) is 32.9 Å². The van der Waals surface area contributed by atoms with Gasteiger partial charge in [-0.05, 0) is 38.8 Å². The van der Waals surface area contributed by atoms with Gasteiger partial charge in [-0.25, -0.2) is 0 Å². The second kappa shape index (κ2) is 5.62. The van der Waals surface area contributed by atoms with E-state index >= 15 is 0 Å². The number of rotatable bonds is 2. The third-order valence-electron chi connectivity index (χ3n) is 3.74. The first-order valence-electron chi connectivity index (χ1n) is 6.36. The Hall–Kier alpha value is -0.640. The molecule has 0 unspecified atom stereocenters. The summed E-state index contributed by atoms with van der Waals surface area (Å²) in [4.78, 5) is 14.1. The molecule has 2 saturated heterocycles. The Balaban J connectivity index is 1.87. The number of carbonyl (C=O) groups excluding carboxylic acids is 1. The van der Waals surface area contributed by atoms with Crippen LogP contribution >= 0.6 is 0 Å². The third-order valence-corrected chi connectivity index (χ3v) is 3.74. The second-order valence-electron chi connectivity index (χ2n) is 4.97. The maximum absolute atomic E-state index is 12.6. The Kier molecular flexibility index (Phi) is 4.16. The second-order valence-corrected chi connectivity index (χ2v) is 4.97. The van der Waals surface area contributed by atoms with E-state index in [1.807, 2.05) is 4.90 Å². The van der Waals surface area contributed by atoms with Gasteiger partial charge in [0.25, 0.3) is 0 Å². The predicted molar refractivity (Wildman–Crippen MR) is 60.9 cm³/mol. The van der Waals surface area contributed by atoms with Crippen LogP contribution in [-0.4, -0.2) is 43.7 Å². The Morgan fingerprint density at radius 2 is 2.06 bits per heavy atom. The van der Waals surface area contributed by atoms with Crippen LogP contribution in [0.15, 0.2) is 0 Å². The summed E-state index contributed by atoms with van der Waals surface area (Å²) >= 11 is 0. The molecule has 1 atom stereocenters. The molecule has 0 radical (unpaired) electrons. The van der Waals surface area contributed by atoms with E-state index in [1.165, 1.54) is 0 Å². The van der Waals surface area contributed by atoms with Crippen molar-refractivity contribution >= 4 is 5.91 Å². The molecule has 2 rings (SSSR count). The van der Waals surface area contributed by atoms with Crippen molar-refractivity contribution in [1.82, 2.24) is 10.2 Å². The van der Waals surface area contributed by atoms with Crippen molar-refractivity contribution in [1.29, 1.82) is 0 Å². The number of halogens is 1. The van der Waals surface area contributed by atoms with Gasteiger partial charge in [-0.2, -0.15) is 0 Å². The van der Waals surface area contributed by atoms with E-state index < -0.39 is 0 Å². The minimum absolute atomic E-state index is 0.0828. The normalized spacial score (nSPS) is 28.1. The first-order chi connectivity index (χ1) is 7.81. The van der Waals surface area contributed by atoms with Gasteiger partial charge in [0.15, 0.2) is 0 Å². The van der Waals surface area contributed by atoms with Crippen molar-refractivity contribution in [3.8, 4) is 0 Å². The summed E-state index contributed by atoms with van der Waals surface area (Å²) in [5, 5.41) is 3.26. The van der Waals surface area contributed by atoms with E-state index in [0.717, 1.165) is 45.3 Å². The van der Waals surface area contributed by atoms with Crippen LogP contribution in [0.5, 0.6) is 0 Å². The maximum atomic E-state index is 12.6. The minimum atomic E-state index is -0.282. The molecule has 0 bridgehead atoms. The zero-order valence-corrected chi connectivity index (χ0v) is 9.75. The van der Waals surface area contributed by atoms with E-state index in [9.17, 15) is 9.18 Å². The molecule has 0 aromatic heterocycles. The Morgan fingerprint density at radius 3 is 2.75 bits per heavy atom. The number of likely N-dealkylation sites (tertiary alicyclic amines) is 1. The first-order valence-corrected chi connectivity index (χ1v) is 6.36. The SMILES string of the molecule is O=C(C1CCNCC1)N1CCC[C@@H](CF)C1. The molecule has 2 aliphatic heterocycles. The van der Waals surface area contributed by atoms with Gasteiger partial charge in [-0.15, -0.1) is 0 Å². The van der Waals surface area contributed by atoms with E-state index in [0.29, 0.717) is 6.54 Å². The third kappa shape index (κ3) is 2.73. The smallest absolute Gasteiger partial charge is 0.225 e. The first kappa shape index (κ1) is 11.8. The van der Waals surface area contributed by atoms with Crippen LogP contribution in [0.25, 0.3) is 0 Å². The molecule has 2 aliphatic rings. The summed E-state index contributed by atoms with van der Waals surface area (Å²) in [6.07, 6.45) is 3.78. The molecule has 16 heavy (non-hydrogen) atoms. The van der Waals surface area contributed by atoms with Crippen LogP contribution in [0.4, 0.5) is 4.39 Å². The van der Waals surface area contributed by atoms with Crippen LogP contribution in [0.2, 0.25) is 0 Å². The highest BCUT2D eigenvalue weighted by molar-refractivity contribution is 5.79. The van der Waals surface area contributed by atoms with E-state index in [2.05, 4.69) is 5.32 Å². The summed E-state index contributed by atoms with van der Waals surface area (Å²) < 4.78 is 12.6. The average molecular weight is 228 g/mol. The molecule has 4 heteroatoms. The fraction of sp³-hybridized carbons (Fsp3) is 0.917. The van der Waals surface area contributed by atoms with Crippen LogP contribution in [-0.2, 0) is 4.79 Å².